The molecule has 3 heterocycles. The van der Waals surface area contributed by atoms with Crippen LogP contribution in [0.2, 0.25) is 0 Å². The van der Waals surface area contributed by atoms with Crippen LogP contribution in [0.15, 0.2) is 64.2 Å². The first-order chi connectivity index (χ1) is 17.1. The number of hydrogen-bond acceptors (Lipinski definition) is 4. The topological polar surface area (TPSA) is 66.1 Å². The van der Waals surface area contributed by atoms with E-state index in [4.69, 9.17) is 9.41 Å². The Kier molecular flexibility index (Phi) is 4.66. The number of rotatable bonds is 5. The Morgan fingerprint density at radius 3 is 2.43 bits per heavy atom. The third-order valence-electron chi connectivity index (χ3n) is 8.21. The van der Waals surface area contributed by atoms with Crippen molar-refractivity contribution in [3.05, 3.63) is 60.4 Å². The van der Waals surface area contributed by atoms with Gasteiger partial charge >= 0.3 is 0 Å². The summed E-state index contributed by atoms with van der Waals surface area (Å²) in [7, 11) is 0. The first kappa shape index (κ1) is 20.9. The minimum absolute atomic E-state index is 0.159. The van der Waals surface area contributed by atoms with Crippen molar-refractivity contribution in [1.82, 2.24) is 9.80 Å². The maximum absolute atomic E-state index is 13.6. The second kappa shape index (κ2) is 7.80. The van der Waals surface area contributed by atoms with Crippen molar-refractivity contribution in [1.29, 1.82) is 0 Å². The molecule has 178 valence electrons. The fourth-order valence-corrected chi connectivity index (χ4v) is 6.00. The number of aliphatic imine (C=N–C) groups is 1. The molecule has 2 aromatic carbocycles. The quantitative estimate of drug-likeness (QED) is 0.538. The fourth-order valence-electron chi connectivity index (χ4n) is 6.00. The van der Waals surface area contributed by atoms with E-state index in [-0.39, 0.29) is 11.8 Å². The molecule has 0 atom stereocenters. The summed E-state index contributed by atoms with van der Waals surface area (Å²) in [6, 6.07) is 16.6. The monoisotopic (exact) mass is 467 g/mol. The van der Waals surface area contributed by atoms with Crippen LogP contribution in [-0.4, -0.2) is 52.6 Å². The number of hydrogen-bond donors (Lipinski definition) is 0. The minimum atomic E-state index is -0.576. The summed E-state index contributed by atoms with van der Waals surface area (Å²) < 4.78 is 5.47. The molecule has 6 heteroatoms. The standard InChI is InChI=1S/C29H29N3O3/c33-27(22-7-8-22)31-16-19(17-31)18-32-26(30-29(28(32)34)12-1-2-13-29)21-5-3-20(4-6-21)23-9-10-25-24(15-23)11-14-35-25/h3-6,9-11,14-15,19,22H,1-2,7-8,12-13,16-18H2. The third kappa shape index (κ3) is 3.49. The Balaban J connectivity index is 1.14. The van der Waals surface area contributed by atoms with E-state index >= 15 is 0 Å². The molecule has 0 unspecified atom stereocenters. The van der Waals surface area contributed by atoms with Gasteiger partial charge in [-0.1, -0.05) is 43.2 Å². The fraction of sp³-hybridized carbons (Fsp3) is 0.414. The van der Waals surface area contributed by atoms with Gasteiger partial charge in [0, 0.05) is 42.4 Å². The van der Waals surface area contributed by atoms with Crippen molar-refractivity contribution in [2.24, 2.45) is 16.8 Å². The number of amidine groups is 1. The molecule has 2 amide bonds. The number of carbonyl (C=O) groups is 2. The normalized spacial score (nSPS) is 21.7. The minimum Gasteiger partial charge on any atom is -0.464 e. The van der Waals surface area contributed by atoms with Crippen molar-refractivity contribution >= 4 is 28.6 Å². The van der Waals surface area contributed by atoms with Gasteiger partial charge in [-0.05, 0) is 55.0 Å². The van der Waals surface area contributed by atoms with Gasteiger partial charge in [0.25, 0.3) is 5.91 Å². The van der Waals surface area contributed by atoms with Gasteiger partial charge in [-0.3, -0.25) is 19.5 Å². The number of carbonyl (C=O) groups excluding carboxylic acids is 2. The Morgan fingerprint density at radius 1 is 0.971 bits per heavy atom. The Morgan fingerprint density at radius 2 is 1.69 bits per heavy atom. The van der Waals surface area contributed by atoms with Gasteiger partial charge in [0.05, 0.1) is 6.26 Å². The lowest BCUT2D eigenvalue weighted by molar-refractivity contribution is -0.140. The van der Waals surface area contributed by atoms with Crippen LogP contribution in [0, 0.1) is 11.8 Å². The molecule has 0 N–H and O–H groups in total. The van der Waals surface area contributed by atoms with E-state index in [2.05, 4.69) is 36.4 Å². The highest BCUT2D eigenvalue weighted by Crippen LogP contribution is 2.41. The first-order valence-corrected chi connectivity index (χ1v) is 12.9. The van der Waals surface area contributed by atoms with Crippen molar-refractivity contribution in [3.8, 4) is 11.1 Å². The predicted octanol–water partition coefficient (Wildman–Crippen LogP) is 4.87. The molecule has 3 aromatic rings. The number of nitrogens with zero attached hydrogens (tertiary/aromatic N) is 3. The van der Waals surface area contributed by atoms with Crippen molar-refractivity contribution in [3.63, 3.8) is 0 Å². The second-order valence-electron chi connectivity index (χ2n) is 10.7. The number of benzene rings is 2. The van der Waals surface area contributed by atoms with E-state index in [9.17, 15) is 9.59 Å². The van der Waals surface area contributed by atoms with Gasteiger partial charge in [0.15, 0.2) is 0 Å². The number of likely N-dealkylation sites (tertiary alicyclic amines) is 1. The lowest BCUT2D eigenvalue weighted by atomic mass is 9.95. The van der Waals surface area contributed by atoms with Gasteiger partial charge in [-0.25, -0.2) is 0 Å². The van der Waals surface area contributed by atoms with Gasteiger partial charge in [-0.15, -0.1) is 0 Å². The number of amides is 2. The highest BCUT2D eigenvalue weighted by atomic mass is 16.3. The number of fused-ring (bicyclic) bond motifs is 1. The average molecular weight is 468 g/mol. The molecule has 1 spiro atoms. The SMILES string of the molecule is O=C(C1CC1)N1CC(CN2C(=O)C3(CCCC3)N=C2c2ccc(-c3ccc4occc4c3)cc2)C1. The summed E-state index contributed by atoms with van der Waals surface area (Å²) in [5.74, 6) is 1.85. The summed E-state index contributed by atoms with van der Waals surface area (Å²) in [6.45, 7) is 2.16. The van der Waals surface area contributed by atoms with Crippen LogP contribution < -0.4 is 0 Å². The molecule has 3 fully saturated rings. The van der Waals surface area contributed by atoms with Gasteiger partial charge in [-0.2, -0.15) is 0 Å². The Labute approximate surface area is 204 Å². The van der Waals surface area contributed by atoms with Gasteiger partial charge in [0.1, 0.15) is 17.0 Å². The highest BCUT2D eigenvalue weighted by Gasteiger charge is 2.51. The Bertz CT molecular complexity index is 1340. The number of furan rings is 1. The molecule has 4 aliphatic rings. The zero-order valence-electron chi connectivity index (χ0n) is 19.8. The van der Waals surface area contributed by atoms with Crippen LogP contribution in [0.4, 0.5) is 0 Å². The summed E-state index contributed by atoms with van der Waals surface area (Å²) in [4.78, 5) is 35.0. The Hall–Kier alpha value is -3.41. The molecule has 6 nitrogen and oxygen atoms in total. The molecular weight excluding hydrogens is 438 g/mol. The zero-order chi connectivity index (χ0) is 23.6. The van der Waals surface area contributed by atoms with Gasteiger partial charge < -0.3 is 9.32 Å². The van der Waals surface area contributed by atoms with E-state index in [1.54, 1.807) is 6.26 Å². The van der Waals surface area contributed by atoms with Crippen LogP contribution in [0.5, 0.6) is 0 Å². The summed E-state index contributed by atoms with van der Waals surface area (Å²) in [5.41, 5.74) is 3.55. The molecule has 1 saturated heterocycles. The lowest BCUT2D eigenvalue weighted by Gasteiger charge is -2.41. The predicted molar refractivity (Wildman–Crippen MR) is 134 cm³/mol. The molecule has 35 heavy (non-hydrogen) atoms. The zero-order valence-corrected chi connectivity index (χ0v) is 19.8. The van der Waals surface area contributed by atoms with Crippen molar-refractivity contribution in [2.45, 2.75) is 44.1 Å². The van der Waals surface area contributed by atoms with Crippen LogP contribution in [0.1, 0.15) is 44.1 Å². The smallest absolute Gasteiger partial charge is 0.256 e. The van der Waals surface area contributed by atoms with E-state index in [0.29, 0.717) is 18.4 Å². The molecule has 0 radical (unpaired) electrons. The molecule has 1 aromatic heterocycles. The maximum Gasteiger partial charge on any atom is 0.256 e. The molecule has 2 aliphatic heterocycles. The summed E-state index contributed by atoms with van der Waals surface area (Å²) in [5, 5.41) is 1.08. The van der Waals surface area contributed by atoms with E-state index in [1.807, 2.05) is 21.9 Å². The van der Waals surface area contributed by atoms with Crippen LogP contribution in [0.25, 0.3) is 22.1 Å². The second-order valence-corrected chi connectivity index (χ2v) is 10.7. The van der Waals surface area contributed by atoms with Crippen molar-refractivity contribution in [2.75, 3.05) is 19.6 Å². The molecule has 2 saturated carbocycles. The largest absolute Gasteiger partial charge is 0.464 e. The summed E-state index contributed by atoms with van der Waals surface area (Å²) in [6.07, 6.45) is 7.57. The summed E-state index contributed by atoms with van der Waals surface area (Å²) >= 11 is 0. The van der Waals surface area contributed by atoms with E-state index < -0.39 is 5.54 Å². The van der Waals surface area contributed by atoms with Crippen LogP contribution in [-0.2, 0) is 9.59 Å². The maximum atomic E-state index is 13.6. The van der Waals surface area contributed by atoms with E-state index in [1.165, 1.54) is 0 Å². The molecule has 2 aliphatic carbocycles. The molecule has 7 rings (SSSR count). The molecular formula is C29H29N3O3. The first-order valence-electron chi connectivity index (χ1n) is 12.9. The molecule has 0 bridgehead atoms. The third-order valence-corrected chi connectivity index (χ3v) is 8.21. The van der Waals surface area contributed by atoms with Crippen molar-refractivity contribution < 1.29 is 14.0 Å². The van der Waals surface area contributed by atoms with Crippen LogP contribution >= 0.6 is 0 Å². The average Bonchev–Trinajstić information content (AvgIpc) is 3.30. The highest BCUT2D eigenvalue weighted by molar-refractivity contribution is 6.15. The lowest BCUT2D eigenvalue weighted by Crippen LogP contribution is -2.56. The van der Waals surface area contributed by atoms with E-state index in [0.717, 1.165) is 85.1 Å². The van der Waals surface area contributed by atoms with Crippen LogP contribution in [0.3, 0.4) is 0 Å². The van der Waals surface area contributed by atoms with Gasteiger partial charge in [0.2, 0.25) is 5.91 Å².